The van der Waals surface area contributed by atoms with Crippen molar-refractivity contribution >= 4 is 17.6 Å². The van der Waals surface area contributed by atoms with E-state index in [0.29, 0.717) is 24.5 Å². The van der Waals surface area contributed by atoms with E-state index in [9.17, 15) is 9.59 Å². The molecule has 2 rings (SSSR count). The first-order valence-corrected chi connectivity index (χ1v) is 7.31. The van der Waals surface area contributed by atoms with Gasteiger partial charge in [0, 0.05) is 24.5 Å². The zero-order valence-corrected chi connectivity index (χ0v) is 12.8. The number of benzene rings is 1. The summed E-state index contributed by atoms with van der Waals surface area (Å²) in [6.07, 6.45) is 3.90. The maximum absolute atomic E-state index is 12.1. The van der Waals surface area contributed by atoms with Crippen LogP contribution >= 0.6 is 0 Å². The minimum Gasteiger partial charge on any atom is -0.494 e. The average Bonchev–Trinajstić information content (AvgIpc) is 3.06. The predicted octanol–water partition coefficient (Wildman–Crippen LogP) is 2.33. The van der Waals surface area contributed by atoms with Crippen molar-refractivity contribution in [3.05, 3.63) is 42.7 Å². The quantitative estimate of drug-likeness (QED) is 0.729. The topological polar surface area (TPSA) is 93.5 Å². The number of aromatic nitrogens is 2. The molecule has 0 aliphatic rings. The first-order chi connectivity index (χ1) is 11.1. The van der Waals surface area contributed by atoms with Crippen molar-refractivity contribution in [2.24, 2.45) is 0 Å². The number of carboxylic acid groups (broad SMARTS) is 1. The van der Waals surface area contributed by atoms with Crippen LogP contribution < -0.4 is 10.1 Å². The lowest BCUT2D eigenvalue weighted by Gasteiger charge is -2.13. The molecule has 1 heterocycles. The summed E-state index contributed by atoms with van der Waals surface area (Å²) in [6, 6.07) is 8.29. The van der Waals surface area contributed by atoms with Gasteiger partial charge in [0.25, 0.3) is 0 Å². The SMILES string of the molecule is CC(C(=O)Nc1ccc(OCCCC(=O)O)cc1)n1cccn1. The number of carbonyl (C=O) groups is 2. The molecular weight excluding hydrogens is 298 g/mol. The molecule has 1 aromatic carbocycles. The second-order valence-corrected chi connectivity index (χ2v) is 5.02. The number of ether oxygens (including phenoxy) is 1. The van der Waals surface area contributed by atoms with Gasteiger partial charge in [0.05, 0.1) is 6.61 Å². The summed E-state index contributed by atoms with van der Waals surface area (Å²) in [6.45, 7) is 2.11. The number of anilines is 1. The molecular formula is C16H19N3O4. The van der Waals surface area contributed by atoms with Crippen LogP contribution in [0.25, 0.3) is 0 Å². The van der Waals surface area contributed by atoms with E-state index in [1.807, 2.05) is 0 Å². The van der Waals surface area contributed by atoms with Gasteiger partial charge in [-0.05, 0) is 43.7 Å². The van der Waals surface area contributed by atoms with Crippen molar-refractivity contribution in [2.45, 2.75) is 25.8 Å². The van der Waals surface area contributed by atoms with Crippen molar-refractivity contribution in [2.75, 3.05) is 11.9 Å². The molecule has 122 valence electrons. The number of carbonyl (C=O) groups excluding carboxylic acids is 1. The Morgan fingerprint density at radius 2 is 2.09 bits per heavy atom. The Bertz CT molecular complexity index is 638. The lowest BCUT2D eigenvalue weighted by atomic mass is 10.2. The van der Waals surface area contributed by atoms with Gasteiger partial charge >= 0.3 is 5.97 Å². The molecule has 2 aromatic rings. The van der Waals surface area contributed by atoms with Gasteiger partial charge in [0.2, 0.25) is 5.91 Å². The fourth-order valence-electron chi connectivity index (χ4n) is 1.92. The van der Waals surface area contributed by atoms with Gasteiger partial charge < -0.3 is 15.2 Å². The number of aliphatic carboxylic acids is 1. The normalized spacial score (nSPS) is 11.7. The Kier molecular flexibility index (Phi) is 5.74. The van der Waals surface area contributed by atoms with Crippen LogP contribution in [0.3, 0.4) is 0 Å². The molecule has 1 aromatic heterocycles. The highest BCUT2D eigenvalue weighted by Gasteiger charge is 2.14. The van der Waals surface area contributed by atoms with Gasteiger partial charge in [-0.15, -0.1) is 0 Å². The van der Waals surface area contributed by atoms with Crippen LogP contribution in [-0.2, 0) is 9.59 Å². The van der Waals surface area contributed by atoms with Crippen LogP contribution in [0, 0.1) is 0 Å². The Morgan fingerprint density at radius 3 is 2.70 bits per heavy atom. The van der Waals surface area contributed by atoms with E-state index in [1.165, 1.54) is 0 Å². The van der Waals surface area contributed by atoms with E-state index in [1.54, 1.807) is 54.3 Å². The fourth-order valence-corrected chi connectivity index (χ4v) is 1.92. The van der Waals surface area contributed by atoms with Gasteiger partial charge in [0.1, 0.15) is 11.8 Å². The maximum Gasteiger partial charge on any atom is 0.303 e. The van der Waals surface area contributed by atoms with E-state index < -0.39 is 12.0 Å². The molecule has 0 bridgehead atoms. The van der Waals surface area contributed by atoms with Gasteiger partial charge in [-0.3, -0.25) is 14.3 Å². The van der Waals surface area contributed by atoms with Gasteiger partial charge in [-0.1, -0.05) is 0 Å². The molecule has 0 spiro atoms. The van der Waals surface area contributed by atoms with Crippen LogP contribution in [-0.4, -0.2) is 33.4 Å². The zero-order valence-electron chi connectivity index (χ0n) is 12.8. The maximum atomic E-state index is 12.1. The predicted molar refractivity (Wildman–Crippen MR) is 84.4 cm³/mol. The molecule has 7 heteroatoms. The Morgan fingerprint density at radius 1 is 1.35 bits per heavy atom. The summed E-state index contributed by atoms with van der Waals surface area (Å²) in [5.74, 6) is -0.365. The van der Waals surface area contributed by atoms with Gasteiger partial charge in [-0.25, -0.2) is 0 Å². The average molecular weight is 317 g/mol. The highest BCUT2D eigenvalue weighted by Crippen LogP contribution is 2.17. The summed E-state index contributed by atoms with van der Waals surface area (Å²) < 4.78 is 7.01. The number of rotatable bonds is 8. The number of nitrogens with one attached hydrogen (secondary N) is 1. The van der Waals surface area contributed by atoms with E-state index in [4.69, 9.17) is 9.84 Å². The molecule has 23 heavy (non-hydrogen) atoms. The van der Waals surface area contributed by atoms with Crippen LogP contribution in [0.2, 0.25) is 0 Å². The highest BCUT2D eigenvalue weighted by atomic mass is 16.5. The minimum absolute atomic E-state index is 0.0828. The molecule has 7 nitrogen and oxygen atoms in total. The lowest BCUT2D eigenvalue weighted by Crippen LogP contribution is -2.23. The largest absolute Gasteiger partial charge is 0.494 e. The third kappa shape index (κ3) is 5.14. The first kappa shape index (κ1) is 16.5. The second-order valence-electron chi connectivity index (χ2n) is 5.02. The molecule has 0 saturated carbocycles. The summed E-state index contributed by atoms with van der Waals surface area (Å²) in [5.41, 5.74) is 0.659. The van der Waals surface area contributed by atoms with Gasteiger partial charge in [-0.2, -0.15) is 5.10 Å². The van der Waals surface area contributed by atoms with E-state index >= 15 is 0 Å². The standard InChI is InChI=1S/C16H19N3O4/c1-12(19-10-3-9-17-19)16(22)18-13-5-7-14(8-6-13)23-11-2-4-15(20)21/h3,5-10,12H,2,4,11H2,1H3,(H,18,22)(H,20,21). The van der Waals surface area contributed by atoms with Crippen molar-refractivity contribution in [3.8, 4) is 5.75 Å². The molecule has 0 aliphatic heterocycles. The molecule has 0 aliphatic carbocycles. The Hall–Kier alpha value is -2.83. The van der Waals surface area contributed by atoms with Crippen molar-refractivity contribution in [1.29, 1.82) is 0 Å². The smallest absolute Gasteiger partial charge is 0.303 e. The first-order valence-electron chi connectivity index (χ1n) is 7.31. The van der Waals surface area contributed by atoms with Crippen molar-refractivity contribution < 1.29 is 19.4 Å². The molecule has 1 unspecified atom stereocenters. The molecule has 1 atom stereocenters. The van der Waals surface area contributed by atoms with E-state index in [-0.39, 0.29) is 12.3 Å². The van der Waals surface area contributed by atoms with Crippen molar-refractivity contribution in [1.82, 2.24) is 9.78 Å². The third-order valence-corrected chi connectivity index (χ3v) is 3.23. The molecule has 1 amide bonds. The Labute approximate surface area is 133 Å². The van der Waals surface area contributed by atoms with Crippen LogP contribution in [0.15, 0.2) is 42.7 Å². The number of carboxylic acids is 1. The van der Waals surface area contributed by atoms with Crippen LogP contribution in [0.4, 0.5) is 5.69 Å². The number of nitrogens with zero attached hydrogens (tertiary/aromatic N) is 2. The summed E-state index contributed by atoms with van der Waals surface area (Å²) in [5, 5.41) is 15.4. The minimum atomic E-state index is -0.835. The summed E-state index contributed by atoms with van der Waals surface area (Å²) >= 11 is 0. The van der Waals surface area contributed by atoms with Crippen molar-refractivity contribution in [3.63, 3.8) is 0 Å². The Balaban J connectivity index is 1.82. The highest BCUT2D eigenvalue weighted by molar-refractivity contribution is 5.93. The molecule has 0 fully saturated rings. The summed E-state index contributed by atoms with van der Waals surface area (Å²) in [4.78, 5) is 22.5. The summed E-state index contributed by atoms with van der Waals surface area (Å²) in [7, 11) is 0. The zero-order chi connectivity index (χ0) is 16.7. The lowest BCUT2D eigenvalue weighted by molar-refractivity contribution is -0.137. The third-order valence-electron chi connectivity index (χ3n) is 3.23. The van der Waals surface area contributed by atoms with Gasteiger partial charge in [0.15, 0.2) is 0 Å². The van der Waals surface area contributed by atoms with Crippen LogP contribution in [0.1, 0.15) is 25.8 Å². The van der Waals surface area contributed by atoms with E-state index in [0.717, 1.165) is 0 Å². The fraction of sp³-hybridized carbons (Fsp3) is 0.312. The number of hydrogen-bond acceptors (Lipinski definition) is 4. The molecule has 2 N–H and O–H groups in total. The monoisotopic (exact) mass is 317 g/mol. The van der Waals surface area contributed by atoms with Crippen LogP contribution in [0.5, 0.6) is 5.75 Å². The second kappa shape index (κ2) is 7.98. The molecule has 0 saturated heterocycles. The van der Waals surface area contributed by atoms with E-state index in [2.05, 4.69) is 10.4 Å². The number of amides is 1. The number of hydrogen-bond donors (Lipinski definition) is 2. The molecule has 0 radical (unpaired) electrons.